The van der Waals surface area contributed by atoms with E-state index in [4.69, 9.17) is 0 Å². The van der Waals surface area contributed by atoms with Crippen LogP contribution in [0.4, 0.5) is 0 Å². The number of rotatable bonds is 1. The number of H-pyrrole nitrogens is 1. The summed E-state index contributed by atoms with van der Waals surface area (Å²) in [6.07, 6.45) is 2.51. The predicted octanol–water partition coefficient (Wildman–Crippen LogP) is 2.09. The third-order valence-electron chi connectivity index (χ3n) is 6.13. The summed E-state index contributed by atoms with van der Waals surface area (Å²) in [4.78, 5) is 5.94. The van der Waals surface area contributed by atoms with Crippen molar-refractivity contribution in [3.05, 3.63) is 35.5 Å². The average Bonchev–Trinajstić information content (AvgIpc) is 2.94. The van der Waals surface area contributed by atoms with E-state index in [2.05, 4.69) is 41.1 Å². The summed E-state index contributed by atoms with van der Waals surface area (Å²) < 4.78 is 0. The van der Waals surface area contributed by atoms with E-state index in [1.165, 1.54) is 22.2 Å². The fourth-order valence-corrected chi connectivity index (χ4v) is 4.67. The minimum Gasteiger partial charge on any atom is -0.390 e. The van der Waals surface area contributed by atoms with Crippen LogP contribution in [0, 0.1) is 5.41 Å². The highest BCUT2D eigenvalue weighted by Crippen LogP contribution is 2.40. The minimum absolute atomic E-state index is 0.198. The lowest BCUT2D eigenvalue weighted by atomic mass is 9.71. The van der Waals surface area contributed by atoms with Crippen molar-refractivity contribution in [3.8, 4) is 0 Å². The lowest BCUT2D eigenvalue weighted by Crippen LogP contribution is -2.59. The third kappa shape index (κ3) is 2.40. The van der Waals surface area contributed by atoms with Gasteiger partial charge in [0.05, 0.1) is 12.2 Å². The number of aryl methyl sites for hydroxylation is 1. The molecular formula is C19H26N2O2. The molecule has 0 aliphatic carbocycles. The summed E-state index contributed by atoms with van der Waals surface area (Å²) in [7, 11) is 0. The van der Waals surface area contributed by atoms with E-state index < -0.39 is 12.2 Å². The van der Waals surface area contributed by atoms with Gasteiger partial charge in [-0.15, -0.1) is 0 Å². The highest BCUT2D eigenvalue weighted by atomic mass is 16.3. The number of para-hydroxylation sites is 1. The van der Waals surface area contributed by atoms with Crippen molar-refractivity contribution in [1.82, 2.24) is 9.88 Å². The van der Waals surface area contributed by atoms with Crippen LogP contribution in [0.15, 0.2) is 24.3 Å². The predicted molar refractivity (Wildman–Crippen MR) is 91.5 cm³/mol. The van der Waals surface area contributed by atoms with Gasteiger partial charge in [-0.1, -0.05) is 25.1 Å². The van der Waals surface area contributed by atoms with Gasteiger partial charge >= 0.3 is 0 Å². The number of nitrogens with zero attached hydrogens (tertiary/aromatic N) is 1. The van der Waals surface area contributed by atoms with E-state index in [0.29, 0.717) is 6.54 Å². The van der Waals surface area contributed by atoms with Crippen LogP contribution in [0.5, 0.6) is 0 Å². The van der Waals surface area contributed by atoms with E-state index in [0.717, 1.165) is 38.8 Å². The number of fused-ring (bicyclic) bond motifs is 5. The van der Waals surface area contributed by atoms with Gasteiger partial charge in [-0.25, -0.2) is 0 Å². The molecular weight excluding hydrogens is 288 g/mol. The molecule has 4 atom stereocenters. The molecule has 0 saturated carbocycles. The van der Waals surface area contributed by atoms with Crippen molar-refractivity contribution in [2.24, 2.45) is 5.41 Å². The van der Waals surface area contributed by atoms with Crippen LogP contribution in [0.2, 0.25) is 0 Å². The van der Waals surface area contributed by atoms with Crippen molar-refractivity contribution in [2.45, 2.75) is 44.8 Å². The van der Waals surface area contributed by atoms with E-state index in [-0.39, 0.29) is 5.41 Å². The molecule has 2 bridgehead atoms. The zero-order chi connectivity index (χ0) is 16.0. The summed E-state index contributed by atoms with van der Waals surface area (Å²) in [5, 5.41) is 22.3. The molecule has 1 aromatic heterocycles. The Bertz CT molecular complexity index is 710. The van der Waals surface area contributed by atoms with Crippen LogP contribution in [0.3, 0.4) is 0 Å². The van der Waals surface area contributed by atoms with Crippen LogP contribution in [0.25, 0.3) is 10.9 Å². The van der Waals surface area contributed by atoms with Gasteiger partial charge in [-0.2, -0.15) is 0 Å². The van der Waals surface area contributed by atoms with Gasteiger partial charge in [0.15, 0.2) is 0 Å². The fraction of sp³-hybridized carbons (Fsp3) is 0.579. The summed E-state index contributed by atoms with van der Waals surface area (Å²) in [5.41, 5.74) is 3.75. The van der Waals surface area contributed by atoms with Gasteiger partial charge in [0.25, 0.3) is 0 Å². The van der Waals surface area contributed by atoms with Crippen LogP contribution >= 0.6 is 0 Å². The molecule has 2 aliphatic rings. The van der Waals surface area contributed by atoms with Gasteiger partial charge in [0.1, 0.15) is 0 Å². The number of aromatic amines is 1. The Labute approximate surface area is 137 Å². The highest BCUT2D eigenvalue weighted by Gasteiger charge is 2.46. The summed E-state index contributed by atoms with van der Waals surface area (Å²) in [5.74, 6) is 0. The maximum Gasteiger partial charge on any atom is 0.0931 e. The Balaban J connectivity index is 1.75. The molecule has 124 valence electrons. The Morgan fingerprint density at radius 1 is 1.26 bits per heavy atom. The molecule has 2 aromatic rings. The quantitative estimate of drug-likeness (QED) is 0.755. The number of hydrogen-bond acceptors (Lipinski definition) is 3. The number of aliphatic hydroxyl groups is 2. The van der Waals surface area contributed by atoms with Gasteiger partial charge in [0, 0.05) is 41.6 Å². The number of aromatic nitrogens is 1. The van der Waals surface area contributed by atoms with Crippen LogP contribution in [-0.4, -0.2) is 51.9 Å². The second-order valence-corrected chi connectivity index (χ2v) is 7.34. The van der Waals surface area contributed by atoms with Crippen molar-refractivity contribution in [1.29, 1.82) is 0 Å². The molecule has 1 saturated heterocycles. The van der Waals surface area contributed by atoms with E-state index in [9.17, 15) is 10.2 Å². The van der Waals surface area contributed by atoms with Crippen LogP contribution in [0.1, 0.15) is 31.0 Å². The Hall–Kier alpha value is -1.36. The number of aliphatic hydroxyl groups excluding tert-OH is 2. The second-order valence-electron chi connectivity index (χ2n) is 7.34. The van der Waals surface area contributed by atoms with Gasteiger partial charge in [-0.3, -0.25) is 4.90 Å². The van der Waals surface area contributed by atoms with Crippen LogP contribution < -0.4 is 0 Å². The van der Waals surface area contributed by atoms with Crippen molar-refractivity contribution in [2.75, 3.05) is 19.6 Å². The van der Waals surface area contributed by atoms with Gasteiger partial charge in [0.2, 0.25) is 0 Å². The molecule has 4 heteroatoms. The molecule has 4 unspecified atom stereocenters. The zero-order valence-corrected chi connectivity index (χ0v) is 13.8. The molecule has 23 heavy (non-hydrogen) atoms. The molecule has 0 amide bonds. The van der Waals surface area contributed by atoms with Crippen molar-refractivity contribution >= 4 is 10.9 Å². The zero-order valence-electron chi connectivity index (χ0n) is 13.8. The van der Waals surface area contributed by atoms with E-state index in [1.807, 2.05) is 0 Å². The van der Waals surface area contributed by atoms with Crippen molar-refractivity contribution < 1.29 is 10.2 Å². The third-order valence-corrected chi connectivity index (χ3v) is 6.13. The smallest absolute Gasteiger partial charge is 0.0931 e. The topological polar surface area (TPSA) is 59.5 Å². The number of benzene rings is 1. The van der Waals surface area contributed by atoms with E-state index in [1.54, 1.807) is 0 Å². The minimum atomic E-state index is -0.628. The molecule has 4 nitrogen and oxygen atoms in total. The summed E-state index contributed by atoms with van der Waals surface area (Å²) in [6, 6.07) is 8.51. The SMILES string of the molecule is CCC12CCc3[nH]c4ccccc4c3CCN(CC(O)C1O)C2. The lowest BCUT2D eigenvalue weighted by Gasteiger charge is -2.48. The first-order valence-corrected chi connectivity index (χ1v) is 8.80. The van der Waals surface area contributed by atoms with Gasteiger partial charge < -0.3 is 15.2 Å². The molecule has 1 fully saturated rings. The largest absolute Gasteiger partial charge is 0.390 e. The Morgan fingerprint density at radius 3 is 2.91 bits per heavy atom. The molecule has 0 spiro atoms. The van der Waals surface area contributed by atoms with Crippen LogP contribution in [-0.2, 0) is 12.8 Å². The number of nitrogens with one attached hydrogen (secondary N) is 1. The summed E-state index contributed by atoms with van der Waals surface area (Å²) >= 11 is 0. The summed E-state index contributed by atoms with van der Waals surface area (Å²) in [6.45, 7) is 4.56. The second kappa shape index (κ2) is 5.62. The first-order valence-electron chi connectivity index (χ1n) is 8.80. The molecule has 3 heterocycles. The molecule has 2 aliphatic heterocycles. The number of piperidine rings is 1. The standard InChI is InChI=1S/C19H26N2O2/c1-2-19-9-7-16-14(13-5-3-4-6-15(13)20-16)8-10-21(12-19)11-17(22)18(19)23/h3-6,17-18,20,22-23H,2,7-12H2,1H3. The van der Waals surface area contributed by atoms with E-state index >= 15 is 0 Å². The maximum atomic E-state index is 10.6. The average molecular weight is 314 g/mol. The molecule has 4 rings (SSSR count). The van der Waals surface area contributed by atoms with Gasteiger partial charge in [-0.05, 0) is 37.3 Å². The first kappa shape index (κ1) is 15.2. The monoisotopic (exact) mass is 314 g/mol. The number of hydrogen-bond donors (Lipinski definition) is 3. The normalized spacial score (nSPS) is 34.5. The Morgan fingerprint density at radius 2 is 2.09 bits per heavy atom. The highest BCUT2D eigenvalue weighted by molar-refractivity contribution is 5.84. The molecule has 1 aromatic carbocycles. The van der Waals surface area contributed by atoms with Crippen molar-refractivity contribution in [3.63, 3.8) is 0 Å². The molecule has 0 radical (unpaired) electrons. The molecule has 3 N–H and O–H groups in total. The fourth-order valence-electron chi connectivity index (χ4n) is 4.67. The Kier molecular flexibility index (Phi) is 3.71. The lowest BCUT2D eigenvalue weighted by molar-refractivity contribution is -0.127. The first-order chi connectivity index (χ1) is 11.1. The maximum absolute atomic E-state index is 10.6.